The summed E-state index contributed by atoms with van der Waals surface area (Å²) >= 11 is 0. The molecule has 23 heavy (non-hydrogen) atoms. The molecule has 2 atom stereocenters. The molecule has 2 amide bonds. The Hall–Kier alpha value is -1.88. The third-order valence-corrected chi connectivity index (χ3v) is 5.22. The Kier molecular flexibility index (Phi) is 4.39. The molecule has 2 heterocycles. The molecule has 3 rings (SSSR count). The fourth-order valence-corrected chi connectivity index (χ4v) is 4.02. The standard InChI is InChI=1S/C18H25N3O2/c1-12-4-3-5-13(2)17(12)18(23)21-10-14-8-20(7-6-16(19)22)9-15(14)11-21/h3-5,14-15H,6-11H2,1-2H3,(H2,19,22). The van der Waals surface area contributed by atoms with Crippen molar-refractivity contribution in [1.29, 1.82) is 0 Å². The molecule has 1 aromatic carbocycles. The number of likely N-dealkylation sites (tertiary alicyclic amines) is 2. The molecule has 0 spiro atoms. The van der Waals surface area contributed by atoms with E-state index in [-0.39, 0.29) is 11.8 Å². The lowest BCUT2D eigenvalue weighted by molar-refractivity contribution is -0.118. The van der Waals surface area contributed by atoms with Gasteiger partial charge in [0, 0.05) is 44.7 Å². The maximum absolute atomic E-state index is 12.9. The topological polar surface area (TPSA) is 66.6 Å². The number of benzene rings is 1. The predicted octanol–water partition coefficient (Wildman–Crippen LogP) is 1.18. The lowest BCUT2D eigenvalue weighted by atomic mass is 10.0. The summed E-state index contributed by atoms with van der Waals surface area (Å²) in [6, 6.07) is 6.00. The van der Waals surface area contributed by atoms with Gasteiger partial charge < -0.3 is 15.5 Å². The molecule has 0 bridgehead atoms. The summed E-state index contributed by atoms with van der Waals surface area (Å²) in [5.41, 5.74) is 8.18. The van der Waals surface area contributed by atoms with Crippen LogP contribution in [0.4, 0.5) is 0 Å². The molecule has 5 nitrogen and oxygen atoms in total. The number of hydrogen-bond acceptors (Lipinski definition) is 3. The lowest BCUT2D eigenvalue weighted by Crippen LogP contribution is -2.34. The Morgan fingerprint density at radius 1 is 1.09 bits per heavy atom. The number of aryl methyl sites for hydroxylation is 2. The van der Waals surface area contributed by atoms with Crippen LogP contribution in [0.2, 0.25) is 0 Å². The number of fused-ring (bicyclic) bond motifs is 1. The van der Waals surface area contributed by atoms with Crippen LogP contribution in [0.1, 0.15) is 27.9 Å². The van der Waals surface area contributed by atoms with E-state index in [2.05, 4.69) is 4.90 Å². The Morgan fingerprint density at radius 2 is 1.65 bits per heavy atom. The third-order valence-electron chi connectivity index (χ3n) is 5.22. The van der Waals surface area contributed by atoms with Crippen molar-refractivity contribution in [2.24, 2.45) is 17.6 Å². The van der Waals surface area contributed by atoms with Crippen LogP contribution in [0.3, 0.4) is 0 Å². The van der Waals surface area contributed by atoms with E-state index in [4.69, 9.17) is 5.73 Å². The predicted molar refractivity (Wildman–Crippen MR) is 89.1 cm³/mol. The van der Waals surface area contributed by atoms with Crippen molar-refractivity contribution < 1.29 is 9.59 Å². The number of primary amides is 1. The fourth-order valence-electron chi connectivity index (χ4n) is 4.02. The number of amides is 2. The second-order valence-electron chi connectivity index (χ2n) is 6.97. The first-order valence-electron chi connectivity index (χ1n) is 8.32. The van der Waals surface area contributed by atoms with Crippen LogP contribution in [0, 0.1) is 25.7 Å². The molecule has 0 radical (unpaired) electrons. The van der Waals surface area contributed by atoms with E-state index in [1.54, 1.807) is 0 Å². The van der Waals surface area contributed by atoms with Gasteiger partial charge in [0.15, 0.2) is 0 Å². The van der Waals surface area contributed by atoms with E-state index in [0.29, 0.717) is 18.3 Å². The first-order valence-corrected chi connectivity index (χ1v) is 8.32. The monoisotopic (exact) mass is 315 g/mol. The summed E-state index contributed by atoms with van der Waals surface area (Å²) in [5, 5.41) is 0. The van der Waals surface area contributed by atoms with E-state index in [9.17, 15) is 9.59 Å². The summed E-state index contributed by atoms with van der Waals surface area (Å²) < 4.78 is 0. The molecule has 0 saturated carbocycles. The van der Waals surface area contributed by atoms with Crippen molar-refractivity contribution in [3.8, 4) is 0 Å². The van der Waals surface area contributed by atoms with Crippen LogP contribution in [0.15, 0.2) is 18.2 Å². The minimum absolute atomic E-state index is 0.165. The van der Waals surface area contributed by atoms with Gasteiger partial charge in [0.05, 0.1) is 0 Å². The summed E-state index contributed by atoms with van der Waals surface area (Å²) in [6.45, 7) is 8.33. The van der Waals surface area contributed by atoms with Crippen molar-refractivity contribution >= 4 is 11.8 Å². The van der Waals surface area contributed by atoms with Gasteiger partial charge in [-0.1, -0.05) is 18.2 Å². The van der Waals surface area contributed by atoms with Gasteiger partial charge in [-0.2, -0.15) is 0 Å². The molecule has 2 fully saturated rings. The van der Waals surface area contributed by atoms with Gasteiger partial charge >= 0.3 is 0 Å². The van der Waals surface area contributed by atoms with Crippen molar-refractivity contribution in [3.05, 3.63) is 34.9 Å². The van der Waals surface area contributed by atoms with Crippen molar-refractivity contribution in [1.82, 2.24) is 9.80 Å². The van der Waals surface area contributed by atoms with Gasteiger partial charge in [0.1, 0.15) is 0 Å². The molecule has 124 valence electrons. The number of nitrogens with zero attached hydrogens (tertiary/aromatic N) is 2. The number of nitrogens with two attached hydrogens (primary N) is 1. The SMILES string of the molecule is Cc1cccc(C)c1C(=O)N1CC2CN(CCC(N)=O)CC2C1. The Labute approximate surface area is 137 Å². The highest BCUT2D eigenvalue weighted by molar-refractivity contribution is 5.97. The molecular weight excluding hydrogens is 290 g/mol. The zero-order valence-corrected chi connectivity index (χ0v) is 13.9. The molecule has 2 saturated heterocycles. The van der Waals surface area contributed by atoms with Crippen molar-refractivity contribution in [2.75, 3.05) is 32.7 Å². The zero-order valence-electron chi connectivity index (χ0n) is 13.9. The summed E-state index contributed by atoms with van der Waals surface area (Å²) in [5.74, 6) is 0.972. The van der Waals surface area contributed by atoms with Gasteiger partial charge in [0.2, 0.25) is 5.91 Å². The zero-order chi connectivity index (χ0) is 16.6. The summed E-state index contributed by atoms with van der Waals surface area (Å²) in [6.07, 6.45) is 0.421. The van der Waals surface area contributed by atoms with Crippen LogP contribution in [-0.4, -0.2) is 54.3 Å². The highest BCUT2D eigenvalue weighted by atomic mass is 16.2. The van der Waals surface area contributed by atoms with Crippen LogP contribution in [0.5, 0.6) is 0 Å². The van der Waals surface area contributed by atoms with E-state index in [1.165, 1.54) is 0 Å². The quantitative estimate of drug-likeness (QED) is 0.907. The lowest BCUT2D eigenvalue weighted by Gasteiger charge is -2.22. The number of carbonyl (C=O) groups excluding carboxylic acids is 2. The highest BCUT2D eigenvalue weighted by Crippen LogP contribution is 2.32. The second kappa shape index (κ2) is 6.32. The van der Waals surface area contributed by atoms with Crippen molar-refractivity contribution in [2.45, 2.75) is 20.3 Å². The van der Waals surface area contributed by atoms with Gasteiger partial charge in [-0.15, -0.1) is 0 Å². The molecule has 2 aliphatic heterocycles. The molecule has 2 N–H and O–H groups in total. The fraction of sp³-hybridized carbons (Fsp3) is 0.556. The number of carbonyl (C=O) groups is 2. The van der Waals surface area contributed by atoms with Gasteiger partial charge in [-0.05, 0) is 36.8 Å². The van der Waals surface area contributed by atoms with Crippen LogP contribution in [-0.2, 0) is 4.79 Å². The van der Waals surface area contributed by atoms with Crippen molar-refractivity contribution in [3.63, 3.8) is 0 Å². The normalized spacial score (nSPS) is 24.0. The van der Waals surface area contributed by atoms with E-state index >= 15 is 0 Å². The van der Waals surface area contributed by atoms with Gasteiger partial charge in [-0.3, -0.25) is 9.59 Å². The summed E-state index contributed by atoms with van der Waals surface area (Å²) in [4.78, 5) is 28.1. The molecule has 5 heteroatoms. The molecule has 0 aromatic heterocycles. The first kappa shape index (κ1) is 16.0. The molecule has 0 aliphatic carbocycles. The number of hydrogen-bond donors (Lipinski definition) is 1. The second-order valence-corrected chi connectivity index (χ2v) is 6.97. The smallest absolute Gasteiger partial charge is 0.254 e. The van der Waals surface area contributed by atoms with Crippen LogP contribution < -0.4 is 5.73 Å². The molecular formula is C18H25N3O2. The Morgan fingerprint density at radius 3 is 2.17 bits per heavy atom. The van der Waals surface area contributed by atoms with Crippen LogP contribution >= 0.6 is 0 Å². The third kappa shape index (κ3) is 3.24. The van der Waals surface area contributed by atoms with E-state index < -0.39 is 0 Å². The first-order chi connectivity index (χ1) is 11.0. The molecule has 2 unspecified atom stereocenters. The Balaban J connectivity index is 1.62. The van der Waals surface area contributed by atoms with Crippen LogP contribution in [0.25, 0.3) is 0 Å². The Bertz CT molecular complexity index is 594. The minimum atomic E-state index is -0.242. The van der Waals surface area contributed by atoms with Gasteiger partial charge in [0.25, 0.3) is 5.91 Å². The molecule has 2 aliphatic rings. The maximum Gasteiger partial charge on any atom is 0.254 e. The largest absolute Gasteiger partial charge is 0.370 e. The minimum Gasteiger partial charge on any atom is -0.370 e. The van der Waals surface area contributed by atoms with Gasteiger partial charge in [-0.25, -0.2) is 0 Å². The average molecular weight is 315 g/mol. The summed E-state index contributed by atoms with van der Waals surface area (Å²) in [7, 11) is 0. The maximum atomic E-state index is 12.9. The highest BCUT2D eigenvalue weighted by Gasteiger charge is 2.41. The average Bonchev–Trinajstić information content (AvgIpc) is 3.02. The van der Waals surface area contributed by atoms with E-state index in [1.807, 2.05) is 36.9 Å². The molecule has 1 aromatic rings. The number of rotatable bonds is 4. The van der Waals surface area contributed by atoms with E-state index in [0.717, 1.165) is 49.4 Å².